The van der Waals surface area contributed by atoms with Gasteiger partial charge < -0.3 is 15.2 Å². The Morgan fingerprint density at radius 3 is 2.35 bits per heavy atom. The van der Waals surface area contributed by atoms with Crippen molar-refractivity contribution < 1.29 is 19.4 Å². The summed E-state index contributed by atoms with van der Waals surface area (Å²) in [7, 11) is 0. The summed E-state index contributed by atoms with van der Waals surface area (Å²) >= 11 is 0. The van der Waals surface area contributed by atoms with Crippen molar-refractivity contribution in [3.63, 3.8) is 0 Å². The van der Waals surface area contributed by atoms with Gasteiger partial charge in [-0.05, 0) is 29.8 Å². The Hall–Kier alpha value is -2.56. The molecule has 1 atom stereocenters. The average molecular weight is 273 g/mol. The van der Waals surface area contributed by atoms with Crippen LogP contribution in [-0.2, 0) is 9.59 Å². The van der Waals surface area contributed by atoms with Gasteiger partial charge in [0.25, 0.3) is 0 Å². The molecule has 0 aliphatic carbocycles. The van der Waals surface area contributed by atoms with Gasteiger partial charge >= 0.3 is 5.97 Å². The summed E-state index contributed by atoms with van der Waals surface area (Å²) in [5, 5.41) is 13.4. The fourth-order valence-electron chi connectivity index (χ4n) is 1.85. The smallest absolute Gasteiger partial charge is 0.344 e. The van der Waals surface area contributed by atoms with Crippen molar-refractivity contribution in [2.75, 3.05) is 5.32 Å². The van der Waals surface area contributed by atoms with E-state index in [9.17, 15) is 9.59 Å². The third-order valence-electron chi connectivity index (χ3n) is 2.81. The zero-order valence-electron chi connectivity index (χ0n) is 11.2. The summed E-state index contributed by atoms with van der Waals surface area (Å²) in [6.45, 7) is 2.83. The van der Waals surface area contributed by atoms with Crippen LogP contribution in [0.25, 0.3) is 10.8 Å². The summed E-state index contributed by atoms with van der Waals surface area (Å²) in [6.07, 6.45) is -0.997. The summed E-state index contributed by atoms with van der Waals surface area (Å²) in [5.41, 5.74) is 0.462. The van der Waals surface area contributed by atoms with E-state index in [0.29, 0.717) is 11.4 Å². The molecule has 0 saturated carbocycles. The number of nitrogens with one attached hydrogen (secondary N) is 1. The SMILES string of the molecule is CC(=O)Nc1cc2ccccc2cc1OC(C)C(=O)O. The number of amides is 1. The lowest BCUT2D eigenvalue weighted by atomic mass is 10.1. The number of benzene rings is 2. The van der Waals surface area contributed by atoms with E-state index in [2.05, 4.69) is 5.32 Å². The minimum absolute atomic E-state index is 0.242. The molecule has 0 aromatic heterocycles. The fraction of sp³-hybridized carbons (Fsp3) is 0.200. The molecule has 2 aromatic carbocycles. The van der Waals surface area contributed by atoms with Crippen LogP contribution in [0.5, 0.6) is 5.75 Å². The van der Waals surface area contributed by atoms with Gasteiger partial charge in [0.05, 0.1) is 5.69 Å². The zero-order valence-corrected chi connectivity index (χ0v) is 11.2. The van der Waals surface area contributed by atoms with E-state index in [0.717, 1.165) is 10.8 Å². The highest BCUT2D eigenvalue weighted by Gasteiger charge is 2.16. The van der Waals surface area contributed by atoms with Crippen LogP contribution in [0.1, 0.15) is 13.8 Å². The topological polar surface area (TPSA) is 75.6 Å². The average Bonchev–Trinajstić information content (AvgIpc) is 2.38. The highest BCUT2D eigenvalue weighted by molar-refractivity contribution is 5.96. The Balaban J connectivity index is 2.47. The van der Waals surface area contributed by atoms with Gasteiger partial charge in [-0.2, -0.15) is 0 Å². The molecule has 0 bridgehead atoms. The summed E-state index contributed by atoms with van der Waals surface area (Å²) in [6, 6.07) is 11.1. The quantitative estimate of drug-likeness (QED) is 0.898. The second-order valence-corrected chi connectivity index (χ2v) is 4.48. The number of aliphatic carboxylic acids is 1. The molecule has 5 heteroatoms. The van der Waals surface area contributed by atoms with Crippen molar-refractivity contribution in [1.82, 2.24) is 0 Å². The van der Waals surface area contributed by atoms with Crippen molar-refractivity contribution in [2.45, 2.75) is 20.0 Å². The molecule has 104 valence electrons. The van der Waals surface area contributed by atoms with E-state index < -0.39 is 12.1 Å². The number of anilines is 1. The molecular formula is C15H15NO4. The number of carbonyl (C=O) groups excluding carboxylic acids is 1. The molecule has 0 saturated heterocycles. The molecule has 0 aliphatic rings. The Kier molecular flexibility index (Phi) is 3.89. The normalized spacial score (nSPS) is 11.9. The van der Waals surface area contributed by atoms with E-state index in [1.54, 1.807) is 12.1 Å². The van der Waals surface area contributed by atoms with Crippen molar-refractivity contribution in [2.24, 2.45) is 0 Å². The molecule has 0 spiro atoms. The summed E-state index contributed by atoms with van der Waals surface area (Å²) < 4.78 is 5.40. The van der Waals surface area contributed by atoms with E-state index in [1.165, 1.54) is 13.8 Å². The molecule has 20 heavy (non-hydrogen) atoms. The first-order valence-corrected chi connectivity index (χ1v) is 6.17. The molecule has 0 aliphatic heterocycles. The predicted octanol–water partition coefficient (Wildman–Crippen LogP) is 2.65. The van der Waals surface area contributed by atoms with Crippen LogP contribution in [0.3, 0.4) is 0 Å². The number of fused-ring (bicyclic) bond motifs is 1. The van der Waals surface area contributed by atoms with Crippen LogP contribution < -0.4 is 10.1 Å². The van der Waals surface area contributed by atoms with Crippen LogP contribution in [0.2, 0.25) is 0 Å². The first-order chi connectivity index (χ1) is 9.47. The molecule has 2 N–H and O–H groups in total. The summed E-state index contributed by atoms with van der Waals surface area (Å²) in [5.74, 6) is -0.964. The van der Waals surface area contributed by atoms with Gasteiger partial charge in [-0.25, -0.2) is 4.79 Å². The monoisotopic (exact) mass is 273 g/mol. The third-order valence-corrected chi connectivity index (χ3v) is 2.81. The molecule has 0 fully saturated rings. The standard InChI is InChI=1S/C15H15NO4/c1-9(15(18)19)20-14-8-12-6-4-3-5-11(12)7-13(14)16-10(2)17/h3-9H,1-2H3,(H,16,17)(H,18,19). The van der Waals surface area contributed by atoms with E-state index >= 15 is 0 Å². The summed E-state index contributed by atoms with van der Waals surface area (Å²) in [4.78, 5) is 22.1. The molecule has 0 heterocycles. The molecule has 1 unspecified atom stereocenters. The maximum atomic E-state index is 11.2. The lowest BCUT2D eigenvalue weighted by Gasteiger charge is -2.15. The number of hydrogen-bond donors (Lipinski definition) is 2. The van der Waals surface area contributed by atoms with Crippen molar-refractivity contribution in [1.29, 1.82) is 0 Å². The van der Waals surface area contributed by atoms with Crippen molar-refractivity contribution in [3.05, 3.63) is 36.4 Å². The van der Waals surface area contributed by atoms with Crippen LogP contribution in [0, 0.1) is 0 Å². The number of carboxylic acids is 1. The maximum absolute atomic E-state index is 11.2. The molecule has 5 nitrogen and oxygen atoms in total. The Morgan fingerprint density at radius 2 is 1.80 bits per heavy atom. The second-order valence-electron chi connectivity index (χ2n) is 4.48. The highest BCUT2D eigenvalue weighted by atomic mass is 16.5. The lowest BCUT2D eigenvalue weighted by Crippen LogP contribution is -2.23. The Bertz CT molecular complexity index is 666. The third kappa shape index (κ3) is 3.06. The molecule has 0 radical (unpaired) electrons. The van der Waals surface area contributed by atoms with Gasteiger partial charge in [0, 0.05) is 6.92 Å². The minimum Gasteiger partial charge on any atom is -0.479 e. The number of carboxylic acid groups (broad SMARTS) is 1. The maximum Gasteiger partial charge on any atom is 0.344 e. The lowest BCUT2D eigenvalue weighted by molar-refractivity contribution is -0.144. The van der Waals surface area contributed by atoms with Gasteiger partial charge in [0.2, 0.25) is 5.91 Å². The van der Waals surface area contributed by atoms with Gasteiger partial charge in [0.15, 0.2) is 6.10 Å². The molecule has 2 rings (SSSR count). The van der Waals surface area contributed by atoms with E-state index in [-0.39, 0.29) is 5.91 Å². The van der Waals surface area contributed by atoms with E-state index in [4.69, 9.17) is 9.84 Å². The van der Waals surface area contributed by atoms with Crippen LogP contribution in [-0.4, -0.2) is 23.1 Å². The van der Waals surface area contributed by atoms with Gasteiger partial charge in [-0.3, -0.25) is 4.79 Å². The zero-order chi connectivity index (χ0) is 14.7. The number of ether oxygens (including phenoxy) is 1. The Labute approximate surface area is 116 Å². The number of hydrogen-bond acceptors (Lipinski definition) is 3. The van der Waals surface area contributed by atoms with Gasteiger partial charge in [0.1, 0.15) is 5.75 Å². The van der Waals surface area contributed by atoms with Crippen molar-refractivity contribution >= 4 is 28.3 Å². The van der Waals surface area contributed by atoms with Crippen LogP contribution >= 0.6 is 0 Å². The first-order valence-electron chi connectivity index (χ1n) is 6.17. The number of rotatable bonds is 4. The fourth-order valence-corrected chi connectivity index (χ4v) is 1.85. The minimum atomic E-state index is -1.06. The van der Waals surface area contributed by atoms with Gasteiger partial charge in [-0.1, -0.05) is 24.3 Å². The highest BCUT2D eigenvalue weighted by Crippen LogP contribution is 2.31. The molecule has 2 aromatic rings. The van der Waals surface area contributed by atoms with Crippen molar-refractivity contribution in [3.8, 4) is 5.75 Å². The second kappa shape index (κ2) is 5.61. The molecule has 1 amide bonds. The van der Waals surface area contributed by atoms with Gasteiger partial charge in [-0.15, -0.1) is 0 Å². The Morgan fingerprint density at radius 1 is 1.20 bits per heavy atom. The first kappa shape index (κ1) is 13.9. The molecular weight excluding hydrogens is 258 g/mol. The van der Waals surface area contributed by atoms with Crippen LogP contribution in [0.15, 0.2) is 36.4 Å². The number of carbonyl (C=O) groups is 2. The predicted molar refractivity (Wildman–Crippen MR) is 76.0 cm³/mol. The van der Waals surface area contributed by atoms with Crippen LogP contribution in [0.4, 0.5) is 5.69 Å². The van der Waals surface area contributed by atoms with E-state index in [1.807, 2.05) is 24.3 Å². The largest absolute Gasteiger partial charge is 0.479 e.